The topological polar surface area (TPSA) is 327 Å². The van der Waals surface area contributed by atoms with E-state index in [4.69, 9.17) is 47.4 Å². The Balaban J connectivity index is 1.35. The van der Waals surface area contributed by atoms with Crippen LogP contribution >= 0.6 is 11.7 Å². The SMILES string of the molecule is CCCCCC[C@@H](O)CC[C@H]1[C@H](C/C=C\CCCC(=O)OC(=O)C(C)OC(=O)C(C)OC(=O)C(C)OC(=O)C(C)OC(=O)C(C)OC(=O)CCC(=O)OC(CNC(C)(C)C)COc2nsnc2N2CCOCC2)[C@H](OC(C)=O)C[C@@H]1O. The standard InChI is InChI=1S/C55H86N4O21S/c1-11-12-13-16-19-39(61)22-23-41-42(44(30-43(41)62)78-38(7)60)20-17-14-15-18-21-45(63)80-54(70)37(6)77-53(69)36(5)76-52(68)35(4)75-51(67)34(3)74-50(66)33(2)73-46(64)24-25-47(65)79-40(31-56-55(8,9)10)32-72-49-48(57-81-58-49)59-26-28-71-29-27-59/h14,17,33-37,39-44,56,61-62H,11-13,15-16,18-32H2,1-10H3/b17-14-/t33?,34?,35?,36?,37?,39-,40?,41+,42+,43+,44-/m1/s1. The number of ether oxygens (including phenoxy) is 10. The first-order valence-corrected chi connectivity index (χ1v) is 28.7. The molecule has 0 amide bonds. The first-order valence-electron chi connectivity index (χ1n) is 27.9. The molecular formula is C55H86N4O21S. The molecule has 1 saturated carbocycles. The highest BCUT2D eigenvalue weighted by molar-refractivity contribution is 6.99. The third kappa shape index (κ3) is 26.8. The molecule has 3 rings (SSSR count). The lowest BCUT2D eigenvalue weighted by Gasteiger charge is -2.27. The molecule has 26 heteroatoms. The Morgan fingerprint density at radius 2 is 1.28 bits per heavy atom. The van der Waals surface area contributed by atoms with E-state index in [9.17, 15) is 53.4 Å². The molecule has 3 N–H and O–H groups in total. The van der Waals surface area contributed by atoms with Gasteiger partial charge in [0.25, 0.3) is 5.88 Å². The van der Waals surface area contributed by atoms with Gasteiger partial charge in [0.1, 0.15) is 18.8 Å². The van der Waals surface area contributed by atoms with Crippen LogP contribution in [0.4, 0.5) is 5.82 Å². The van der Waals surface area contributed by atoms with Gasteiger partial charge in [-0.3, -0.25) is 19.2 Å². The molecule has 1 aliphatic carbocycles. The number of allylic oxidation sites excluding steroid dienone is 2. The van der Waals surface area contributed by atoms with Crippen LogP contribution in [0.2, 0.25) is 0 Å². The van der Waals surface area contributed by atoms with Crippen LogP contribution in [-0.2, 0) is 85.8 Å². The molecule has 0 radical (unpaired) electrons. The Bertz CT molecular complexity index is 2210. The Morgan fingerprint density at radius 3 is 1.85 bits per heavy atom. The predicted octanol–water partition coefficient (Wildman–Crippen LogP) is 4.72. The number of aliphatic hydroxyl groups excluding tert-OH is 2. The average molecular weight is 1170 g/mol. The summed E-state index contributed by atoms with van der Waals surface area (Å²) in [6.45, 7) is 17.4. The van der Waals surface area contributed by atoms with Gasteiger partial charge in [0.05, 0.1) is 50.0 Å². The molecule has 2 aliphatic rings. The van der Waals surface area contributed by atoms with E-state index in [0.29, 0.717) is 77.1 Å². The summed E-state index contributed by atoms with van der Waals surface area (Å²) in [5, 5.41) is 24.6. The third-order valence-corrected chi connectivity index (χ3v) is 13.6. The van der Waals surface area contributed by atoms with Gasteiger partial charge in [-0.2, -0.15) is 4.37 Å². The largest absolute Gasteiger partial charge is 0.470 e. The van der Waals surface area contributed by atoms with Gasteiger partial charge in [0.15, 0.2) is 30.5 Å². The second kappa shape index (κ2) is 35.9. The number of nitrogens with one attached hydrogen (secondary N) is 1. The fourth-order valence-electron chi connectivity index (χ4n) is 8.54. The maximum Gasteiger partial charge on any atom is 0.354 e. The van der Waals surface area contributed by atoms with Crippen molar-refractivity contribution in [3.05, 3.63) is 12.2 Å². The molecule has 1 aromatic rings. The average Bonchev–Trinajstić information content (AvgIpc) is 4.04. The van der Waals surface area contributed by atoms with Gasteiger partial charge in [-0.05, 0) is 99.8 Å². The molecule has 458 valence electrons. The number of carbonyl (C=O) groups excluding carboxylic acids is 9. The summed E-state index contributed by atoms with van der Waals surface area (Å²) in [4.78, 5) is 115. The van der Waals surface area contributed by atoms with Gasteiger partial charge in [-0.1, -0.05) is 44.8 Å². The minimum Gasteiger partial charge on any atom is -0.470 e. The van der Waals surface area contributed by atoms with Gasteiger partial charge in [0, 0.05) is 50.9 Å². The molecule has 0 spiro atoms. The number of anilines is 1. The van der Waals surface area contributed by atoms with Crippen molar-refractivity contribution in [1.82, 2.24) is 14.1 Å². The van der Waals surface area contributed by atoms with E-state index in [0.717, 1.165) is 65.1 Å². The summed E-state index contributed by atoms with van der Waals surface area (Å²) in [6.07, 6.45) is -0.0651. The Kier molecular flexibility index (Phi) is 30.8. The summed E-state index contributed by atoms with van der Waals surface area (Å²) >= 11 is 0.984. The zero-order chi connectivity index (χ0) is 60.2. The van der Waals surface area contributed by atoms with Crippen molar-refractivity contribution in [2.24, 2.45) is 11.8 Å². The van der Waals surface area contributed by atoms with Crippen molar-refractivity contribution < 1.29 is 101 Å². The number of carbonyl (C=O) groups is 9. The number of esters is 9. The minimum atomic E-state index is -1.63. The molecule has 2 fully saturated rings. The van der Waals surface area contributed by atoms with Crippen LogP contribution in [0.5, 0.6) is 5.88 Å². The number of aliphatic hydroxyl groups is 2. The van der Waals surface area contributed by atoms with Gasteiger partial charge in [-0.25, -0.2) is 24.0 Å². The first kappa shape index (κ1) is 69.4. The summed E-state index contributed by atoms with van der Waals surface area (Å²) in [7, 11) is 0. The number of nitrogens with zero attached hydrogens (tertiary/aromatic N) is 3. The maximum absolute atomic E-state index is 12.9. The second-order valence-corrected chi connectivity index (χ2v) is 21.8. The number of hydrogen-bond donors (Lipinski definition) is 3. The van der Waals surface area contributed by atoms with E-state index >= 15 is 0 Å². The molecule has 25 nitrogen and oxygen atoms in total. The molecule has 0 aromatic carbocycles. The van der Waals surface area contributed by atoms with Crippen LogP contribution in [-0.4, -0.2) is 173 Å². The van der Waals surface area contributed by atoms with E-state index < -0.39 is 122 Å². The highest BCUT2D eigenvalue weighted by Crippen LogP contribution is 2.40. The molecule has 1 saturated heterocycles. The monoisotopic (exact) mass is 1170 g/mol. The van der Waals surface area contributed by atoms with Gasteiger partial charge in [0.2, 0.25) is 5.82 Å². The van der Waals surface area contributed by atoms with Crippen LogP contribution in [0.1, 0.15) is 159 Å². The normalized spacial score (nSPS) is 19.9. The van der Waals surface area contributed by atoms with E-state index in [2.05, 4.69) is 21.0 Å². The second-order valence-electron chi connectivity index (χ2n) is 21.2. The highest BCUT2D eigenvalue weighted by atomic mass is 32.1. The van der Waals surface area contributed by atoms with Crippen LogP contribution in [0, 0.1) is 11.8 Å². The summed E-state index contributed by atoms with van der Waals surface area (Å²) in [6, 6.07) is 0. The first-order chi connectivity index (χ1) is 38.3. The lowest BCUT2D eigenvalue weighted by molar-refractivity contribution is -0.187. The smallest absolute Gasteiger partial charge is 0.354 e. The molecule has 11 atom stereocenters. The van der Waals surface area contributed by atoms with Crippen molar-refractivity contribution in [3.8, 4) is 5.88 Å². The number of morpholine rings is 1. The van der Waals surface area contributed by atoms with E-state index in [-0.39, 0.29) is 42.8 Å². The molecule has 1 aliphatic heterocycles. The number of aromatic nitrogens is 2. The lowest BCUT2D eigenvalue weighted by Crippen LogP contribution is -2.44. The van der Waals surface area contributed by atoms with E-state index in [1.165, 1.54) is 13.8 Å². The zero-order valence-electron chi connectivity index (χ0n) is 48.5. The quantitative estimate of drug-likeness (QED) is 0.0272. The number of unbranched alkanes of at least 4 members (excludes halogenated alkanes) is 4. The molecule has 0 bridgehead atoms. The van der Waals surface area contributed by atoms with Crippen LogP contribution in [0.25, 0.3) is 0 Å². The summed E-state index contributed by atoms with van der Waals surface area (Å²) in [5.41, 5.74) is -0.329. The molecule has 6 unspecified atom stereocenters. The number of rotatable bonds is 35. The van der Waals surface area contributed by atoms with E-state index in [1.54, 1.807) is 0 Å². The number of hydrogen-bond acceptors (Lipinski definition) is 26. The van der Waals surface area contributed by atoms with Crippen molar-refractivity contribution >= 4 is 71.3 Å². The van der Waals surface area contributed by atoms with Gasteiger partial charge in [-0.15, -0.1) is 4.37 Å². The Morgan fingerprint density at radius 1 is 0.716 bits per heavy atom. The fourth-order valence-corrected chi connectivity index (χ4v) is 9.06. The molecular weight excluding hydrogens is 1080 g/mol. The van der Waals surface area contributed by atoms with E-state index in [1.807, 2.05) is 37.8 Å². The molecule has 1 aromatic heterocycles. The van der Waals surface area contributed by atoms with Gasteiger partial charge < -0.3 is 67.8 Å². The van der Waals surface area contributed by atoms with Crippen LogP contribution in [0.3, 0.4) is 0 Å². The van der Waals surface area contributed by atoms with Gasteiger partial charge >= 0.3 is 53.7 Å². The molecule has 2 heterocycles. The van der Waals surface area contributed by atoms with Crippen molar-refractivity contribution in [3.63, 3.8) is 0 Å². The van der Waals surface area contributed by atoms with Crippen LogP contribution < -0.4 is 15.0 Å². The minimum absolute atomic E-state index is 0.0678. The van der Waals surface area contributed by atoms with Crippen LogP contribution in [0.15, 0.2) is 12.2 Å². The summed E-state index contributed by atoms with van der Waals surface area (Å²) < 4.78 is 61.2. The van der Waals surface area contributed by atoms with Crippen molar-refractivity contribution in [2.45, 2.75) is 220 Å². The predicted molar refractivity (Wildman–Crippen MR) is 289 cm³/mol. The fraction of sp³-hybridized carbons (Fsp3) is 0.764. The summed E-state index contributed by atoms with van der Waals surface area (Å²) in [5.74, 6) is -8.40. The van der Waals surface area contributed by atoms with Crippen molar-refractivity contribution in [1.29, 1.82) is 0 Å². The Hall–Kier alpha value is -5.83. The van der Waals surface area contributed by atoms with Crippen molar-refractivity contribution in [2.75, 3.05) is 44.4 Å². The zero-order valence-corrected chi connectivity index (χ0v) is 49.4. The Labute approximate surface area is 478 Å². The highest BCUT2D eigenvalue weighted by Gasteiger charge is 2.43. The lowest BCUT2D eigenvalue weighted by atomic mass is 9.85. The maximum atomic E-state index is 12.9. The third-order valence-electron chi connectivity index (χ3n) is 13.1. The molecule has 81 heavy (non-hydrogen) atoms.